The molecule has 0 fully saturated rings. The smallest absolute Gasteiger partial charge is 0.270 e. The average molecular weight is 316 g/mol. The highest BCUT2D eigenvalue weighted by molar-refractivity contribution is 6.33. The van der Waals surface area contributed by atoms with Crippen molar-refractivity contribution < 1.29 is 9.45 Å². The molecule has 0 amide bonds. The van der Waals surface area contributed by atoms with E-state index in [2.05, 4.69) is 10.1 Å². The Labute approximate surface area is 130 Å². The lowest BCUT2D eigenvalue weighted by molar-refractivity contribution is -0.384. The van der Waals surface area contributed by atoms with Gasteiger partial charge in [0.1, 0.15) is 0 Å². The molecule has 0 unspecified atom stereocenters. The number of rotatable bonds is 3. The van der Waals surface area contributed by atoms with Gasteiger partial charge in [0.05, 0.1) is 15.5 Å². The maximum atomic E-state index is 10.9. The van der Waals surface area contributed by atoms with Crippen LogP contribution in [-0.2, 0) is 0 Å². The van der Waals surface area contributed by atoms with Crippen LogP contribution in [0.25, 0.3) is 22.8 Å². The minimum atomic E-state index is -0.502. The maximum absolute atomic E-state index is 10.9. The van der Waals surface area contributed by atoms with Crippen LogP contribution in [0.15, 0.2) is 47.0 Å². The lowest BCUT2D eigenvalue weighted by Crippen LogP contribution is -1.89. The average Bonchev–Trinajstić information content (AvgIpc) is 2.97. The number of hydrogen-bond donors (Lipinski definition) is 0. The van der Waals surface area contributed by atoms with E-state index < -0.39 is 4.92 Å². The molecular weight excluding hydrogens is 306 g/mol. The highest BCUT2D eigenvalue weighted by Gasteiger charge is 2.17. The number of non-ortho nitro benzene ring substituents is 1. The summed E-state index contributed by atoms with van der Waals surface area (Å²) in [6.07, 6.45) is 0. The van der Waals surface area contributed by atoms with Crippen molar-refractivity contribution in [2.45, 2.75) is 6.92 Å². The number of nitro groups is 1. The molecule has 110 valence electrons. The Balaban J connectivity index is 2.06. The minimum absolute atomic E-state index is 0.0879. The molecule has 0 N–H and O–H groups in total. The van der Waals surface area contributed by atoms with Crippen molar-refractivity contribution in [2.24, 2.45) is 0 Å². The summed E-state index contributed by atoms with van der Waals surface area (Å²) < 4.78 is 5.21. The quantitative estimate of drug-likeness (QED) is 0.532. The van der Waals surface area contributed by atoms with E-state index in [0.717, 1.165) is 11.1 Å². The highest BCUT2D eigenvalue weighted by atomic mass is 35.5. The summed E-state index contributed by atoms with van der Waals surface area (Å²) in [5.41, 5.74) is 2.08. The van der Waals surface area contributed by atoms with E-state index in [1.807, 2.05) is 31.2 Å². The Kier molecular flexibility index (Phi) is 3.60. The third-order valence-corrected chi connectivity index (χ3v) is 3.53. The van der Waals surface area contributed by atoms with Crippen LogP contribution < -0.4 is 0 Å². The van der Waals surface area contributed by atoms with Crippen molar-refractivity contribution >= 4 is 17.3 Å². The standard InChI is InChI=1S/C15H10ClN3O3/c1-9-4-2-3-5-11(9)14-17-15(22-18-14)12-8-10(19(20)21)6-7-13(12)16/h2-8H,1H3. The molecule has 0 spiro atoms. The monoisotopic (exact) mass is 315 g/mol. The van der Waals surface area contributed by atoms with Gasteiger partial charge in [-0.05, 0) is 18.6 Å². The number of hydrogen-bond acceptors (Lipinski definition) is 5. The number of nitrogens with zero attached hydrogens (tertiary/aromatic N) is 3. The zero-order valence-corrected chi connectivity index (χ0v) is 12.2. The molecule has 2 aromatic carbocycles. The molecule has 0 atom stereocenters. The van der Waals surface area contributed by atoms with Crippen molar-refractivity contribution in [3.63, 3.8) is 0 Å². The normalized spacial score (nSPS) is 10.6. The van der Waals surface area contributed by atoms with Gasteiger partial charge in [0.15, 0.2) is 0 Å². The van der Waals surface area contributed by atoms with Gasteiger partial charge in [-0.15, -0.1) is 0 Å². The van der Waals surface area contributed by atoms with Crippen LogP contribution in [-0.4, -0.2) is 15.1 Å². The summed E-state index contributed by atoms with van der Waals surface area (Å²) in [5, 5.41) is 15.1. The van der Waals surface area contributed by atoms with E-state index in [1.54, 1.807) is 0 Å². The Hall–Kier alpha value is -2.73. The van der Waals surface area contributed by atoms with Crippen LogP contribution in [0.1, 0.15) is 5.56 Å². The number of halogens is 1. The third-order valence-electron chi connectivity index (χ3n) is 3.20. The highest BCUT2D eigenvalue weighted by Crippen LogP contribution is 2.32. The molecule has 7 heteroatoms. The summed E-state index contributed by atoms with van der Waals surface area (Å²) >= 11 is 6.07. The minimum Gasteiger partial charge on any atom is -0.334 e. The van der Waals surface area contributed by atoms with Gasteiger partial charge < -0.3 is 4.52 Å². The van der Waals surface area contributed by atoms with Crippen molar-refractivity contribution in [3.05, 3.63) is 63.2 Å². The SMILES string of the molecule is Cc1ccccc1-c1noc(-c2cc([N+](=O)[O-])ccc2Cl)n1. The van der Waals surface area contributed by atoms with E-state index in [0.29, 0.717) is 16.4 Å². The summed E-state index contributed by atoms with van der Waals surface area (Å²) in [4.78, 5) is 14.6. The van der Waals surface area contributed by atoms with E-state index in [1.165, 1.54) is 18.2 Å². The zero-order valence-electron chi connectivity index (χ0n) is 11.5. The van der Waals surface area contributed by atoms with Gasteiger partial charge in [-0.3, -0.25) is 10.1 Å². The second-order valence-corrected chi connectivity index (χ2v) is 5.07. The molecule has 6 nitrogen and oxygen atoms in total. The lowest BCUT2D eigenvalue weighted by Gasteiger charge is -1.99. The number of benzene rings is 2. The van der Waals surface area contributed by atoms with Gasteiger partial charge in [-0.25, -0.2) is 0 Å². The summed E-state index contributed by atoms with van der Waals surface area (Å²) in [6, 6.07) is 11.7. The molecule has 0 saturated heterocycles. The molecule has 3 aromatic rings. The van der Waals surface area contributed by atoms with Crippen LogP contribution in [0.3, 0.4) is 0 Å². The van der Waals surface area contributed by atoms with Crippen LogP contribution in [0, 0.1) is 17.0 Å². The Morgan fingerprint density at radius 2 is 1.95 bits per heavy atom. The Morgan fingerprint density at radius 3 is 2.68 bits per heavy atom. The van der Waals surface area contributed by atoms with Gasteiger partial charge in [0.25, 0.3) is 11.6 Å². The van der Waals surface area contributed by atoms with Crippen molar-refractivity contribution in [2.75, 3.05) is 0 Å². The lowest BCUT2D eigenvalue weighted by atomic mass is 10.1. The first-order valence-corrected chi connectivity index (χ1v) is 6.78. The maximum Gasteiger partial charge on any atom is 0.270 e. The fraction of sp³-hybridized carbons (Fsp3) is 0.0667. The fourth-order valence-electron chi connectivity index (χ4n) is 2.06. The molecule has 0 aliphatic rings. The molecular formula is C15H10ClN3O3. The molecule has 0 bridgehead atoms. The molecule has 0 saturated carbocycles. The molecule has 0 aliphatic carbocycles. The molecule has 1 aromatic heterocycles. The van der Waals surface area contributed by atoms with E-state index in [9.17, 15) is 10.1 Å². The second-order valence-electron chi connectivity index (χ2n) is 4.66. The van der Waals surface area contributed by atoms with Gasteiger partial charge in [0, 0.05) is 17.7 Å². The van der Waals surface area contributed by atoms with Crippen LogP contribution in [0.2, 0.25) is 5.02 Å². The largest absolute Gasteiger partial charge is 0.334 e. The first kappa shape index (κ1) is 14.2. The third kappa shape index (κ3) is 2.56. The first-order valence-electron chi connectivity index (χ1n) is 6.40. The second kappa shape index (κ2) is 5.57. The van der Waals surface area contributed by atoms with Gasteiger partial charge in [0.2, 0.25) is 5.82 Å². The van der Waals surface area contributed by atoms with Crippen LogP contribution in [0.4, 0.5) is 5.69 Å². The van der Waals surface area contributed by atoms with E-state index in [4.69, 9.17) is 16.1 Å². The molecule has 0 radical (unpaired) electrons. The van der Waals surface area contributed by atoms with Crippen molar-refractivity contribution in [1.29, 1.82) is 0 Å². The molecule has 22 heavy (non-hydrogen) atoms. The zero-order chi connectivity index (χ0) is 15.7. The first-order chi connectivity index (χ1) is 10.6. The van der Waals surface area contributed by atoms with E-state index >= 15 is 0 Å². The summed E-state index contributed by atoms with van der Waals surface area (Å²) in [6.45, 7) is 1.94. The number of aromatic nitrogens is 2. The Morgan fingerprint density at radius 1 is 1.18 bits per heavy atom. The van der Waals surface area contributed by atoms with Gasteiger partial charge in [-0.2, -0.15) is 4.98 Å². The number of nitro benzene ring substituents is 1. The predicted molar refractivity (Wildman–Crippen MR) is 81.6 cm³/mol. The van der Waals surface area contributed by atoms with Crippen LogP contribution >= 0.6 is 11.6 Å². The van der Waals surface area contributed by atoms with E-state index in [-0.39, 0.29) is 11.6 Å². The van der Waals surface area contributed by atoms with Crippen molar-refractivity contribution in [3.8, 4) is 22.8 Å². The predicted octanol–water partition coefficient (Wildman–Crippen LogP) is 4.27. The van der Waals surface area contributed by atoms with Crippen LogP contribution in [0.5, 0.6) is 0 Å². The summed E-state index contributed by atoms with van der Waals surface area (Å²) in [5.74, 6) is 0.558. The number of aryl methyl sites for hydroxylation is 1. The molecule has 3 rings (SSSR count). The molecule has 0 aliphatic heterocycles. The van der Waals surface area contributed by atoms with Gasteiger partial charge in [-0.1, -0.05) is 41.0 Å². The van der Waals surface area contributed by atoms with Gasteiger partial charge >= 0.3 is 0 Å². The van der Waals surface area contributed by atoms with Crippen molar-refractivity contribution in [1.82, 2.24) is 10.1 Å². The fourth-order valence-corrected chi connectivity index (χ4v) is 2.26. The Bertz CT molecular complexity index is 861. The molecule has 1 heterocycles. The topological polar surface area (TPSA) is 82.1 Å². The summed E-state index contributed by atoms with van der Waals surface area (Å²) in [7, 11) is 0.